The second-order valence-corrected chi connectivity index (χ2v) is 5.68. The summed E-state index contributed by atoms with van der Waals surface area (Å²) >= 11 is 0. The molecule has 0 fully saturated rings. The lowest BCUT2D eigenvalue weighted by molar-refractivity contribution is 0.0785. The van der Waals surface area contributed by atoms with Crippen molar-refractivity contribution >= 4 is 11.6 Å². The van der Waals surface area contributed by atoms with Crippen LogP contribution >= 0.6 is 0 Å². The first-order chi connectivity index (χ1) is 11.0. The molecule has 4 heteroatoms. The molecule has 0 aliphatic heterocycles. The monoisotopic (exact) mass is 312 g/mol. The van der Waals surface area contributed by atoms with Crippen molar-refractivity contribution in [1.29, 1.82) is 0 Å². The second kappa shape index (κ2) is 7.68. The third-order valence-corrected chi connectivity index (χ3v) is 3.61. The van der Waals surface area contributed by atoms with Crippen molar-refractivity contribution in [1.82, 2.24) is 4.90 Å². The van der Waals surface area contributed by atoms with Crippen molar-refractivity contribution in [2.24, 2.45) is 0 Å². The number of hydrogen-bond donors (Lipinski definition) is 0. The van der Waals surface area contributed by atoms with Gasteiger partial charge in [-0.05, 0) is 42.8 Å². The summed E-state index contributed by atoms with van der Waals surface area (Å²) in [6, 6.07) is 15.5. The summed E-state index contributed by atoms with van der Waals surface area (Å²) in [6.45, 7) is 3.18. The van der Waals surface area contributed by atoms with Gasteiger partial charge in [-0.15, -0.1) is 0 Å². The molecule has 0 unspecified atom stereocenters. The molecule has 0 N–H and O–H groups in total. The number of carbonyl (C=O) groups is 1. The van der Waals surface area contributed by atoms with Crippen LogP contribution in [0.15, 0.2) is 48.5 Å². The maximum absolute atomic E-state index is 12.6. The minimum absolute atomic E-state index is 0.0163. The van der Waals surface area contributed by atoms with Gasteiger partial charge in [-0.2, -0.15) is 0 Å². The van der Waals surface area contributed by atoms with Crippen LogP contribution < -0.4 is 9.64 Å². The van der Waals surface area contributed by atoms with Crippen LogP contribution in [0.5, 0.6) is 5.75 Å². The molecule has 0 atom stereocenters. The Hall–Kier alpha value is -2.49. The highest BCUT2D eigenvalue weighted by Gasteiger charge is 2.13. The van der Waals surface area contributed by atoms with E-state index in [0.717, 1.165) is 17.0 Å². The number of anilines is 1. The Labute approximate surface area is 138 Å². The molecule has 0 saturated heterocycles. The Morgan fingerprint density at radius 2 is 1.74 bits per heavy atom. The highest BCUT2D eigenvalue weighted by molar-refractivity contribution is 5.95. The third-order valence-electron chi connectivity index (χ3n) is 3.61. The molecule has 0 spiro atoms. The second-order valence-electron chi connectivity index (χ2n) is 5.68. The molecular formula is C19H24N2O2. The van der Waals surface area contributed by atoms with Crippen LogP contribution in [0.3, 0.4) is 0 Å². The average Bonchev–Trinajstić information content (AvgIpc) is 2.56. The van der Waals surface area contributed by atoms with Gasteiger partial charge >= 0.3 is 0 Å². The lowest BCUT2D eigenvalue weighted by Gasteiger charge is -2.19. The molecule has 0 radical (unpaired) electrons. The molecule has 0 aromatic heterocycles. The van der Waals surface area contributed by atoms with Crippen molar-refractivity contribution in [3.63, 3.8) is 0 Å². The zero-order valence-corrected chi connectivity index (χ0v) is 14.2. The highest BCUT2D eigenvalue weighted by atomic mass is 16.5. The van der Waals surface area contributed by atoms with E-state index in [0.29, 0.717) is 18.7 Å². The van der Waals surface area contributed by atoms with E-state index in [-0.39, 0.29) is 5.91 Å². The van der Waals surface area contributed by atoms with E-state index in [1.807, 2.05) is 81.5 Å². The highest BCUT2D eigenvalue weighted by Crippen LogP contribution is 2.17. The van der Waals surface area contributed by atoms with E-state index in [2.05, 4.69) is 0 Å². The molecule has 0 bridgehead atoms. The zero-order valence-electron chi connectivity index (χ0n) is 14.2. The predicted molar refractivity (Wildman–Crippen MR) is 94.2 cm³/mol. The van der Waals surface area contributed by atoms with Crippen LogP contribution in [0.1, 0.15) is 22.8 Å². The molecule has 0 aliphatic rings. The standard InChI is InChI=1S/C19H24N2O2/c1-5-23-18-11-9-15(10-12-18)14-21(4)19(22)16-7-6-8-17(13-16)20(2)3/h6-13H,5,14H2,1-4H3. The molecular weight excluding hydrogens is 288 g/mol. The number of hydrogen-bond acceptors (Lipinski definition) is 3. The number of rotatable bonds is 6. The van der Waals surface area contributed by atoms with Gasteiger partial charge in [0.1, 0.15) is 5.75 Å². The van der Waals surface area contributed by atoms with Crippen molar-refractivity contribution in [3.8, 4) is 5.75 Å². The topological polar surface area (TPSA) is 32.8 Å². The number of ether oxygens (including phenoxy) is 1. The van der Waals surface area contributed by atoms with Crippen LogP contribution in [-0.2, 0) is 6.54 Å². The number of nitrogens with zero attached hydrogens (tertiary/aromatic N) is 2. The van der Waals surface area contributed by atoms with E-state index >= 15 is 0 Å². The van der Waals surface area contributed by atoms with Gasteiger partial charge in [0.05, 0.1) is 6.61 Å². The zero-order chi connectivity index (χ0) is 16.8. The van der Waals surface area contributed by atoms with Gasteiger partial charge in [0.15, 0.2) is 0 Å². The van der Waals surface area contributed by atoms with E-state index in [9.17, 15) is 4.79 Å². The van der Waals surface area contributed by atoms with Crippen LogP contribution in [0, 0.1) is 0 Å². The van der Waals surface area contributed by atoms with E-state index in [1.54, 1.807) is 4.90 Å². The van der Waals surface area contributed by atoms with Gasteiger partial charge < -0.3 is 14.5 Å². The van der Waals surface area contributed by atoms with Gasteiger partial charge in [0, 0.05) is 38.9 Å². The Bertz CT molecular complexity index is 651. The van der Waals surface area contributed by atoms with Crippen molar-refractivity contribution < 1.29 is 9.53 Å². The quantitative estimate of drug-likeness (QED) is 0.819. The van der Waals surface area contributed by atoms with E-state index < -0.39 is 0 Å². The molecule has 0 saturated carbocycles. The first-order valence-corrected chi connectivity index (χ1v) is 7.76. The summed E-state index contributed by atoms with van der Waals surface area (Å²) < 4.78 is 5.43. The molecule has 2 aromatic rings. The van der Waals surface area contributed by atoms with Gasteiger partial charge in [-0.1, -0.05) is 18.2 Å². The summed E-state index contributed by atoms with van der Waals surface area (Å²) in [5, 5.41) is 0. The number of benzene rings is 2. The van der Waals surface area contributed by atoms with Crippen LogP contribution in [0.4, 0.5) is 5.69 Å². The molecule has 2 aromatic carbocycles. The summed E-state index contributed by atoms with van der Waals surface area (Å²) in [6.07, 6.45) is 0. The van der Waals surface area contributed by atoms with E-state index in [4.69, 9.17) is 4.74 Å². The molecule has 122 valence electrons. The van der Waals surface area contributed by atoms with Crippen molar-refractivity contribution in [2.75, 3.05) is 32.6 Å². The SMILES string of the molecule is CCOc1ccc(CN(C)C(=O)c2cccc(N(C)C)c2)cc1. The van der Waals surface area contributed by atoms with Crippen molar-refractivity contribution in [3.05, 3.63) is 59.7 Å². The largest absolute Gasteiger partial charge is 0.494 e. The minimum atomic E-state index is 0.0163. The molecule has 23 heavy (non-hydrogen) atoms. The Morgan fingerprint density at radius 1 is 1.04 bits per heavy atom. The number of carbonyl (C=O) groups excluding carboxylic acids is 1. The van der Waals surface area contributed by atoms with E-state index in [1.165, 1.54) is 0 Å². The summed E-state index contributed by atoms with van der Waals surface area (Å²) in [7, 11) is 5.75. The summed E-state index contributed by atoms with van der Waals surface area (Å²) in [5.41, 5.74) is 2.79. The third kappa shape index (κ3) is 4.49. The maximum atomic E-state index is 12.6. The Kier molecular flexibility index (Phi) is 5.63. The van der Waals surface area contributed by atoms with Gasteiger partial charge in [-0.3, -0.25) is 4.79 Å². The summed E-state index contributed by atoms with van der Waals surface area (Å²) in [4.78, 5) is 16.3. The van der Waals surface area contributed by atoms with Gasteiger partial charge in [0.25, 0.3) is 5.91 Å². The lowest BCUT2D eigenvalue weighted by Crippen LogP contribution is -2.26. The fraction of sp³-hybridized carbons (Fsp3) is 0.316. The fourth-order valence-corrected chi connectivity index (χ4v) is 2.34. The molecule has 0 heterocycles. The maximum Gasteiger partial charge on any atom is 0.253 e. The first kappa shape index (κ1) is 16.9. The van der Waals surface area contributed by atoms with Gasteiger partial charge in [0.2, 0.25) is 0 Å². The fourth-order valence-electron chi connectivity index (χ4n) is 2.34. The van der Waals surface area contributed by atoms with Crippen LogP contribution in [0.25, 0.3) is 0 Å². The van der Waals surface area contributed by atoms with Crippen molar-refractivity contribution in [2.45, 2.75) is 13.5 Å². The molecule has 1 amide bonds. The minimum Gasteiger partial charge on any atom is -0.494 e. The lowest BCUT2D eigenvalue weighted by atomic mass is 10.1. The summed E-state index contributed by atoms with van der Waals surface area (Å²) in [5.74, 6) is 0.867. The molecule has 4 nitrogen and oxygen atoms in total. The normalized spacial score (nSPS) is 10.3. The van der Waals surface area contributed by atoms with Crippen LogP contribution in [0.2, 0.25) is 0 Å². The molecule has 2 rings (SSSR count). The smallest absolute Gasteiger partial charge is 0.253 e. The Morgan fingerprint density at radius 3 is 2.35 bits per heavy atom. The number of amides is 1. The van der Waals surface area contributed by atoms with Gasteiger partial charge in [-0.25, -0.2) is 0 Å². The van der Waals surface area contributed by atoms with Crippen LogP contribution in [-0.4, -0.2) is 38.6 Å². The first-order valence-electron chi connectivity index (χ1n) is 7.76. The molecule has 0 aliphatic carbocycles. The predicted octanol–water partition coefficient (Wildman–Crippen LogP) is 3.42. The Balaban J connectivity index is 2.06. The average molecular weight is 312 g/mol.